The zero-order chi connectivity index (χ0) is 13.1. The summed E-state index contributed by atoms with van der Waals surface area (Å²) in [7, 11) is 0. The number of carbonyl (C=O) groups is 1. The van der Waals surface area contributed by atoms with Gasteiger partial charge in [-0.2, -0.15) is 0 Å². The summed E-state index contributed by atoms with van der Waals surface area (Å²) in [6, 6.07) is 5.88. The van der Waals surface area contributed by atoms with Gasteiger partial charge in [0.05, 0.1) is 0 Å². The lowest BCUT2D eigenvalue weighted by Gasteiger charge is -2.16. The Morgan fingerprint density at radius 1 is 1.35 bits per heavy atom. The third-order valence-corrected chi connectivity index (χ3v) is 3.55. The quantitative estimate of drug-likeness (QED) is 0.760. The maximum Gasteiger partial charge on any atom is 0.138 e. The van der Waals surface area contributed by atoms with E-state index in [0.29, 0.717) is 12.2 Å². The Hall–Kier alpha value is -0.340. The Morgan fingerprint density at radius 2 is 2.00 bits per heavy atom. The predicted molar refractivity (Wildman–Crippen MR) is 76.6 cm³/mol. The van der Waals surface area contributed by atoms with Crippen molar-refractivity contribution in [3.63, 3.8) is 0 Å². The van der Waals surface area contributed by atoms with Gasteiger partial charge in [0.1, 0.15) is 5.78 Å². The van der Waals surface area contributed by atoms with Gasteiger partial charge in [0.2, 0.25) is 0 Å². The zero-order valence-corrected chi connectivity index (χ0v) is 12.9. The number of rotatable bonds is 4. The smallest absolute Gasteiger partial charge is 0.138 e. The van der Waals surface area contributed by atoms with Crippen molar-refractivity contribution in [2.24, 2.45) is 5.41 Å². The van der Waals surface area contributed by atoms with Crippen LogP contribution in [-0.2, 0) is 11.2 Å². The van der Waals surface area contributed by atoms with Gasteiger partial charge in [-0.3, -0.25) is 4.79 Å². The van der Waals surface area contributed by atoms with Crippen LogP contribution in [0.25, 0.3) is 0 Å². The molecule has 94 valence electrons. The van der Waals surface area contributed by atoms with Crippen molar-refractivity contribution in [1.29, 1.82) is 0 Å². The first-order valence-electron chi connectivity index (χ1n) is 5.78. The molecule has 1 aromatic rings. The number of Topliss-reactive ketones (excluding diaryl/α,β-unsaturated/α-hetero) is 1. The molecular weight excluding hydrogens is 300 g/mol. The number of benzene rings is 1. The molecule has 0 fully saturated rings. The molecule has 17 heavy (non-hydrogen) atoms. The number of halogens is 2. The van der Waals surface area contributed by atoms with E-state index in [9.17, 15) is 4.79 Å². The van der Waals surface area contributed by atoms with Crippen molar-refractivity contribution in [1.82, 2.24) is 0 Å². The van der Waals surface area contributed by atoms with Crippen molar-refractivity contribution in [2.75, 3.05) is 0 Å². The molecule has 3 heteroatoms. The predicted octanol–water partition coefficient (Wildman–Crippen LogP) is 5.04. The van der Waals surface area contributed by atoms with Gasteiger partial charge in [0, 0.05) is 21.3 Å². The van der Waals surface area contributed by atoms with Crippen LogP contribution in [0.2, 0.25) is 5.02 Å². The highest BCUT2D eigenvalue weighted by atomic mass is 79.9. The summed E-state index contributed by atoms with van der Waals surface area (Å²) in [6.45, 7) is 5.88. The molecule has 0 unspecified atom stereocenters. The summed E-state index contributed by atoms with van der Waals surface area (Å²) in [6.07, 6.45) is 2.33. The third kappa shape index (κ3) is 4.81. The first-order valence-corrected chi connectivity index (χ1v) is 6.95. The largest absolute Gasteiger partial charge is 0.299 e. The monoisotopic (exact) mass is 316 g/mol. The van der Waals surface area contributed by atoms with E-state index in [4.69, 9.17) is 11.6 Å². The van der Waals surface area contributed by atoms with Crippen LogP contribution in [0.5, 0.6) is 0 Å². The molecule has 1 rings (SSSR count). The Balaban J connectivity index is 2.49. The van der Waals surface area contributed by atoms with Gasteiger partial charge >= 0.3 is 0 Å². The van der Waals surface area contributed by atoms with E-state index in [1.54, 1.807) is 0 Å². The summed E-state index contributed by atoms with van der Waals surface area (Å²) in [5.74, 6) is 0.311. The van der Waals surface area contributed by atoms with Gasteiger partial charge < -0.3 is 0 Å². The summed E-state index contributed by atoms with van der Waals surface area (Å²) in [5, 5.41) is 0.766. The van der Waals surface area contributed by atoms with Crippen LogP contribution < -0.4 is 0 Å². The maximum absolute atomic E-state index is 11.8. The Kier molecular flexibility index (Phi) is 5.21. The Bertz CT molecular complexity index is 407. The number of hydrogen-bond acceptors (Lipinski definition) is 1. The van der Waals surface area contributed by atoms with Gasteiger partial charge in [0.15, 0.2) is 0 Å². The molecule has 0 atom stereocenters. The summed E-state index contributed by atoms with van der Waals surface area (Å²) in [4.78, 5) is 11.8. The fraction of sp³-hybridized carbons (Fsp3) is 0.500. The summed E-state index contributed by atoms with van der Waals surface area (Å²) >= 11 is 9.50. The molecule has 0 aliphatic carbocycles. The highest BCUT2D eigenvalue weighted by Gasteiger charge is 2.20. The second-order valence-electron chi connectivity index (χ2n) is 5.26. The van der Waals surface area contributed by atoms with Crippen molar-refractivity contribution in [3.05, 3.63) is 33.3 Å². The van der Waals surface area contributed by atoms with Crippen LogP contribution in [0.1, 0.15) is 39.2 Å². The molecule has 0 saturated heterocycles. The minimum atomic E-state index is -0.233. The number of aryl methyl sites for hydroxylation is 1. The van der Waals surface area contributed by atoms with Crippen LogP contribution >= 0.6 is 27.5 Å². The number of ketones is 1. The first-order chi connectivity index (χ1) is 7.80. The average molecular weight is 318 g/mol. The topological polar surface area (TPSA) is 17.1 Å². The van der Waals surface area contributed by atoms with Crippen molar-refractivity contribution in [2.45, 2.75) is 40.0 Å². The first kappa shape index (κ1) is 14.7. The average Bonchev–Trinajstić information content (AvgIpc) is 2.19. The van der Waals surface area contributed by atoms with Gasteiger partial charge in [-0.15, -0.1) is 0 Å². The van der Waals surface area contributed by atoms with Crippen LogP contribution in [0, 0.1) is 5.41 Å². The SMILES string of the molecule is CC(C)(C)C(=O)CCCc1ccc(Br)cc1Cl. The van der Waals surface area contributed by atoms with E-state index < -0.39 is 0 Å². The fourth-order valence-corrected chi connectivity index (χ4v) is 2.31. The molecule has 0 aliphatic rings. The second-order valence-corrected chi connectivity index (χ2v) is 6.59. The van der Waals surface area contributed by atoms with Gasteiger partial charge in [-0.25, -0.2) is 0 Å². The van der Waals surface area contributed by atoms with E-state index in [1.807, 2.05) is 39.0 Å². The van der Waals surface area contributed by atoms with Gasteiger partial charge in [-0.05, 0) is 30.5 Å². The maximum atomic E-state index is 11.8. The number of hydrogen-bond donors (Lipinski definition) is 0. The van der Waals surface area contributed by atoms with Crippen molar-refractivity contribution in [3.8, 4) is 0 Å². The fourth-order valence-electron chi connectivity index (χ4n) is 1.54. The van der Waals surface area contributed by atoms with Gasteiger partial charge in [0.25, 0.3) is 0 Å². The second kappa shape index (κ2) is 6.01. The number of carbonyl (C=O) groups excluding carboxylic acids is 1. The van der Waals surface area contributed by atoms with E-state index >= 15 is 0 Å². The van der Waals surface area contributed by atoms with Crippen molar-refractivity contribution < 1.29 is 4.79 Å². The summed E-state index contributed by atoms with van der Waals surface area (Å²) in [5.41, 5.74) is 0.875. The minimum absolute atomic E-state index is 0.233. The Morgan fingerprint density at radius 3 is 2.53 bits per heavy atom. The lowest BCUT2D eigenvalue weighted by Crippen LogP contribution is -2.19. The van der Waals surface area contributed by atoms with E-state index in [1.165, 1.54) is 0 Å². The molecule has 0 heterocycles. The third-order valence-electron chi connectivity index (χ3n) is 2.70. The van der Waals surface area contributed by atoms with Crippen LogP contribution in [0.4, 0.5) is 0 Å². The minimum Gasteiger partial charge on any atom is -0.299 e. The van der Waals surface area contributed by atoms with Crippen LogP contribution in [0.3, 0.4) is 0 Å². The Labute approximate surface area is 117 Å². The molecule has 0 bridgehead atoms. The highest BCUT2D eigenvalue weighted by Crippen LogP contribution is 2.24. The lowest BCUT2D eigenvalue weighted by atomic mass is 9.87. The van der Waals surface area contributed by atoms with Crippen molar-refractivity contribution >= 4 is 33.3 Å². The van der Waals surface area contributed by atoms with E-state index in [-0.39, 0.29) is 5.41 Å². The standard InChI is InChI=1S/C14H18BrClO/c1-14(2,3)13(17)6-4-5-10-7-8-11(15)9-12(10)16/h7-9H,4-6H2,1-3H3. The molecule has 0 spiro atoms. The molecule has 0 aliphatic heterocycles. The van der Waals surface area contributed by atoms with Gasteiger partial charge in [-0.1, -0.05) is 54.4 Å². The highest BCUT2D eigenvalue weighted by molar-refractivity contribution is 9.10. The normalized spacial score (nSPS) is 11.6. The molecule has 0 amide bonds. The lowest BCUT2D eigenvalue weighted by molar-refractivity contribution is -0.126. The summed E-state index contributed by atoms with van der Waals surface area (Å²) < 4.78 is 0.983. The van der Waals surface area contributed by atoms with E-state index in [0.717, 1.165) is 27.9 Å². The molecular formula is C14H18BrClO. The molecule has 0 N–H and O–H groups in total. The molecule has 1 nitrogen and oxygen atoms in total. The molecule has 0 saturated carbocycles. The molecule has 1 aromatic carbocycles. The molecule has 0 radical (unpaired) electrons. The molecule has 0 aromatic heterocycles. The van der Waals surface area contributed by atoms with Crippen LogP contribution in [0.15, 0.2) is 22.7 Å². The van der Waals surface area contributed by atoms with Crippen LogP contribution in [-0.4, -0.2) is 5.78 Å². The zero-order valence-electron chi connectivity index (χ0n) is 10.5. The van der Waals surface area contributed by atoms with E-state index in [2.05, 4.69) is 15.9 Å².